The topological polar surface area (TPSA) is 87.3 Å². The maximum Gasteiger partial charge on any atom is 0.259 e. The molecule has 0 fully saturated rings. The summed E-state index contributed by atoms with van der Waals surface area (Å²) in [7, 11) is -3.85. The lowest BCUT2D eigenvalue weighted by molar-refractivity contribution is 0.477. The number of halogens is 1. The van der Waals surface area contributed by atoms with Crippen molar-refractivity contribution in [1.29, 1.82) is 5.26 Å². The van der Waals surface area contributed by atoms with Crippen molar-refractivity contribution in [1.82, 2.24) is 14.1 Å². The number of hydrogen-bond donors (Lipinski definition) is 1. The Balaban J connectivity index is 2.43. The molecule has 2 aromatic rings. The average molecular weight is 313 g/mol. The maximum atomic E-state index is 12.3. The van der Waals surface area contributed by atoms with Gasteiger partial charge >= 0.3 is 0 Å². The molecule has 0 amide bonds. The molecule has 0 radical (unpaired) electrons. The van der Waals surface area contributed by atoms with Crippen molar-refractivity contribution >= 4 is 27.3 Å². The fourth-order valence-corrected chi connectivity index (χ4v) is 3.42. The fraction of sp³-hybridized carbons (Fsp3) is 0.333. The van der Waals surface area contributed by atoms with Crippen molar-refractivity contribution in [3.63, 3.8) is 0 Å². The van der Waals surface area contributed by atoms with Gasteiger partial charge in [0.15, 0.2) is 10.2 Å². The van der Waals surface area contributed by atoms with E-state index in [1.165, 1.54) is 4.40 Å². The van der Waals surface area contributed by atoms with E-state index < -0.39 is 15.4 Å². The Kier molecular flexibility index (Phi) is 3.73. The molecule has 0 aliphatic heterocycles. The van der Waals surface area contributed by atoms with Gasteiger partial charge in [-0.25, -0.2) is 18.1 Å². The van der Waals surface area contributed by atoms with E-state index in [9.17, 15) is 8.42 Å². The number of nitrogens with one attached hydrogen (secondary N) is 1. The third kappa shape index (κ3) is 2.77. The third-order valence-corrected chi connectivity index (χ3v) is 4.51. The first-order valence-electron chi connectivity index (χ1n) is 5.80. The second kappa shape index (κ2) is 5.05. The zero-order valence-corrected chi connectivity index (χ0v) is 12.5. The van der Waals surface area contributed by atoms with Gasteiger partial charge in [0.05, 0.1) is 11.5 Å². The molecule has 6 nitrogen and oxygen atoms in total. The van der Waals surface area contributed by atoms with Crippen molar-refractivity contribution in [2.24, 2.45) is 5.41 Å². The van der Waals surface area contributed by atoms with Crippen LogP contribution in [0, 0.1) is 16.7 Å². The monoisotopic (exact) mass is 312 g/mol. The number of fused-ring (bicyclic) bond motifs is 1. The summed E-state index contributed by atoms with van der Waals surface area (Å²) in [5.74, 6) is 0. The van der Waals surface area contributed by atoms with Gasteiger partial charge in [-0.2, -0.15) is 5.26 Å². The van der Waals surface area contributed by atoms with Gasteiger partial charge in [0.1, 0.15) is 5.65 Å². The third-order valence-electron chi connectivity index (χ3n) is 2.71. The molecule has 2 heterocycles. The molecule has 0 aliphatic carbocycles. The van der Waals surface area contributed by atoms with Crippen LogP contribution in [0.4, 0.5) is 0 Å². The van der Waals surface area contributed by atoms with Gasteiger partial charge in [-0.15, -0.1) is 0 Å². The van der Waals surface area contributed by atoms with Crippen molar-refractivity contribution in [2.75, 3.05) is 6.54 Å². The van der Waals surface area contributed by atoms with Crippen LogP contribution in [0.3, 0.4) is 0 Å². The van der Waals surface area contributed by atoms with Crippen LogP contribution >= 0.6 is 11.6 Å². The molecule has 2 rings (SSSR count). The molecular weight excluding hydrogens is 300 g/mol. The van der Waals surface area contributed by atoms with Crippen molar-refractivity contribution in [3.8, 4) is 6.07 Å². The Labute approximate surface area is 122 Å². The van der Waals surface area contributed by atoms with Crippen LogP contribution in [-0.4, -0.2) is 24.3 Å². The highest BCUT2D eigenvalue weighted by molar-refractivity contribution is 7.89. The minimum absolute atomic E-state index is 0.0117. The zero-order chi connectivity index (χ0) is 15.0. The number of pyridine rings is 1. The molecule has 1 N–H and O–H groups in total. The second-order valence-corrected chi connectivity index (χ2v) is 7.00. The highest BCUT2D eigenvalue weighted by Crippen LogP contribution is 2.23. The molecule has 2 aromatic heterocycles. The molecule has 0 aliphatic rings. The molecule has 0 bridgehead atoms. The molecule has 0 saturated carbocycles. The van der Waals surface area contributed by atoms with Crippen LogP contribution in [0.15, 0.2) is 29.4 Å². The Morgan fingerprint density at radius 3 is 2.85 bits per heavy atom. The predicted molar refractivity (Wildman–Crippen MR) is 74.8 cm³/mol. The lowest BCUT2D eigenvalue weighted by Gasteiger charge is -2.15. The molecule has 0 spiro atoms. The quantitative estimate of drug-likeness (QED) is 0.932. The van der Waals surface area contributed by atoms with Gasteiger partial charge in [0.25, 0.3) is 10.0 Å². The van der Waals surface area contributed by atoms with E-state index in [0.717, 1.165) is 0 Å². The van der Waals surface area contributed by atoms with Gasteiger partial charge in [-0.1, -0.05) is 17.7 Å². The highest BCUT2D eigenvalue weighted by Gasteiger charge is 2.27. The summed E-state index contributed by atoms with van der Waals surface area (Å²) in [6, 6.07) is 7.11. The highest BCUT2D eigenvalue weighted by atomic mass is 35.5. The van der Waals surface area contributed by atoms with Crippen LogP contribution in [0.2, 0.25) is 5.15 Å². The standard InChI is InChI=1S/C12H13ClN4O2S/c1-12(2,7-14)8-15-20(18,19)11-10(13)16-9-5-3-4-6-17(9)11/h3-6,15H,8H2,1-2H3. The number of nitrogens with zero attached hydrogens (tertiary/aromatic N) is 3. The van der Waals surface area contributed by atoms with Gasteiger partial charge in [-0.05, 0) is 26.0 Å². The lowest BCUT2D eigenvalue weighted by atomic mass is 9.97. The molecule has 0 aromatic carbocycles. The van der Waals surface area contributed by atoms with E-state index in [1.54, 1.807) is 38.2 Å². The van der Waals surface area contributed by atoms with E-state index in [2.05, 4.69) is 9.71 Å². The largest absolute Gasteiger partial charge is 0.288 e. The van der Waals surface area contributed by atoms with Gasteiger partial charge in [0.2, 0.25) is 0 Å². The van der Waals surface area contributed by atoms with E-state index in [4.69, 9.17) is 16.9 Å². The summed E-state index contributed by atoms with van der Waals surface area (Å²) in [5.41, 5.74) is -0.363. The number of rotatable bonds is 4. The Morgan fingerprint density at radius 1 is 1.50 bits per heavy atom. The van der Waals surface area contributed by atoms with Gasteiger partial charge in [0, 0.05) is 12.7 Å². The van der Waals surface area contributed by atoms with Gasteiger partial charge in [-0.3, -0.25) is 4.40 Å². The summed E-state index contributed by atoms with van der Waals surface area (Å²) in [5, 5.41) is 8.70. The Morgan fingerprint density at radius 2 is 2.20 bits per heavy atom. The summed E-state index contributed by atoms with van der Waals surface area (Å²) >= 11 is 5.92. The van der Waals surface area contributed by atoms with Crippen LogP contribution in [0.1, 0.15) is 13.8 Å². The number of sulfonamides is 1. The minimum Gasteiger partial charge on any atom is -0.288 e. The Bertz CT molecular complexity index is 789. The first-order chi connectivity index (χ1) is 9.27. The summed E-state index contributed by atoms with van der Waals surface area (Å²) in [6.45, 7) is 3.28. The van der Waals surface area contributed by atoms with Crippen molar-refractivity contribution in [2.45, 2.75) is 18.9 Å². The molecule has 0 unspecified atom stereocenters. The molecule has 20 heavy (non-hydrogen) atoms. The first-order valence-corrected chi connectivity index (χ1v) is 7.66. The van der Waals surface area contributed by atoms with Crippen molar-refractivity contribution < 1.29 is 8.42 Å². The average Bonchev–Trinajstić information content (AvgIpc) is 2.73. The summed E-state index contributed by atoms with van der Waals surface area (Å²) in [4.78, 5) is 3.99. The Hall–Kier alpha value is -1.62. The second-order valence-electron chi connectivity index (χ2n) is 4.96. The normalized spacial score (nSPS) is 12.5. The van der Waals surface area contributed by atoms with E-state index in [-0.39, 0.29) is 16.7 Å². The molecule has 8 heteroatoms. The van der Waals surface area contributed by atoms with Crippen molar-refractivity contribution in [3.05, 3.63) is 29.5 Å². The van der Waals surface area contributed by atoms with Crippen LogP contribution in [-0.2, 0) is 10.0 Å². The summed E-state index contributed by atoms with van der Waals surface area (Å²) < 4.78 is 28.4. The predicted octanol–water partition coefficient (Wildman–Crippen LogP) is 1.82. The van der Waals surface area contributed by atoms with Crippen LogP contribution < -0.4 is 4.72 Å². The summed E-state index contributed by atoms with van der Waals surface area (Å²) in [6.07, 6.45) is 1.57. The van der Waals surface area contributed by atoms with E-state index in [0.29, 0.717) is 5.65 Å². The smallest absolute Gasteiger partial charge is 0.259 e. The van der Waals surface area contributed by atoms with Gasteiger partial charge < -0.3 is 0 Å². The molecular formula is C12H13ClN4O2S. The molecule has 106 valence electrons. The fourth-order valence-electron chi connectivity index (χ4n) is 1.57. The first kappa shape index (κ1) is 14.8. The maximum absolute atomic E-state index is 12.3. The zero-order valence-electron chi connectivity index (χ0n) is 11.0. The number of hydrogen-bond acceptors (Lipinski definition) is 4. The SMILES string of the molecule is CC(C)(C#N)CNS(=O)(=O)c1c(Cl)nc2ccccn12. The number of imidazole rings is 1. The molecule has 0 saturated heterocycles. The van der Waals surface area contributed by atoms with E-state index >= 15 is 0 Å². The van der Waals surface area contributed by atoms with Crippen LogP contribution in [0.5, 0.6) is 0 Å². The number of nitriles is 1. The van der Waals surface area contributed by atoms with Crippen LogP contribution in [0.25, 0.3) is 5.65 Å². The minimum atomic E-state index is -3.85. The number of aromatic nitrogens is 2. The molecule has 0 atom stereocenters. The lowest BCUT2D eigenvalue weighted by Crippen LogP contribution is -2.33. The van der Waals surface area contributed by atoms with E-state index in [1.807, 2.05) is 6.07 Å².